The Labute approximate surface area is 152 Å². The molecule has 1 fully saturated rings. The molecule has 136 valence electrons. The van der Waals surface area contributed by atoms with Gasteiger partial charge in [0.1, 0.15) is 0 Å². The van der Waals surface area contributed by atoms with Crippen molar-refractivity contribution in [3.63, 3.8) is 0 Å². The van der Waals surface area contributed by atoms with Gasteiger partial charge in [0.15, 0.2) is 0 Å². The summed E-state index contributed by atoms with van der Waals surface area (Å²) in [6.07, 6.45) is 13.8. The van der Waals surface area contributed by atoms with E-state index in [2.05, 4.69) is 61.5 Å². The largest absolute Gasteiger partial charge is 0.220 e. The standard InChI is InChI=1S/C22H33N3/c1-22(2,3)16-8-7-9-18-12-14-20(15-13-18)25-17-21(23-24-25)19-10-5-4-6-11-19/h12-15,17,19H,4-11,16H2,1-3H3. The third-order valence-corrected chi connectivity index (χ3v) is 5.38. The van der Waals surface area contributed by atoms with Crippen molar-refractivity contribution in [2.45, 2.75) is 84.5 Å². The van der Waals surface area contributed by atoms with E-state index in [0.29, 0.717) is 11.3 Å². The summed E-state index contributed by atoms with van der Waals surface area (Å²) in [4.78, 5) is 0. The SMILES string of the molecule is CC(C)(C)CCCCc1ccc(-n2cc(C3CCCCC3)nn2)cc1. The van der Waals surface area contributed by atoms with Crippen LogP contribution in [0.4, 0.5) is 0 Å². The second-order valence-corrected chi connectivity index (χ2v) is 8.86. The lowest BCUT2D eigenvalue weighted by Crippen LogP contribution is -2.04. The minimum Gasteiger partial charge on any atom is -0.220 e. The molecule has 3 heteroatoms. The summed E-state index contributed by atoms with van der Waals surface area (Å²) >= 11 is 0. The zero-order chi connectivity index (χ0) is 17.7. The van der Waals surface area contributed by atoms with E-state index >= 15 is 0 Å². The Bertz CT molecular complexity index is 643. The van der Waals surface area contributed by atoms with Crippen LogP contribution < -0.4 is 0 Å². The molecule has 0 N–H and O–H groups in total. The molecular weight excluding hydrogens is 306 g/mol. The molecule has 3 nitrogen and oxygen atoms in total. The molecule has 0 bridgehead atoms. The molecule has 25 heavy (non-hydrogen) atoms. The monoisotopic (exact) mass is 339 g/mol. The first-order chi connectivity index (χ1) is 12.0. The van der Waals surface area contributed by atoms with Crippen LogP contribution in [0.15, 0.2) is 30.5 Å². The van der Waals surface area contributed by atoms with Crippen molar-refractivity contribution in [3.05, 3.63) is 41.7 Å². The molecule has 0 spiro atoms. The van der Waals surface area contributed by atoms with Gasteiger partial charge in [0.2, 0.25) is 0 Å². The summed E-state index contributed by atoms with van der Waals surface area (Å²) in [7, 11) is 0. The van der Waals surface area contributed by atoms with E-state index in [1.807, 2.05) is 4.68 Å². The smallest absolute Gasteiger partial charge is 0.0862 e. The molecule has 0 unspecified atom stereocenters. The fraction of sp³-hybridized carbons (Fsp3) is 0.636. The number of unbranched alkanes of at least 4 members (excludes halogenated alkanes) is 1. The van der Waals surface area contributed by atoms with Crippen molar-refractivity contribution < 1.29 is 0 Å². The summed E-state index contributed by atoms with van der Waals surface area (Å²) in [5.74, 6) is 0.615. The number of rotatable bonds is 6. The lowest BCUT2D eigenvalue weighted by molar-refractivity contribution is 0.360. The van der Waals surface area contributed by atoms with E-state index in [1.165, 1.54) is 69.0 Å². The number of aryl methyl sites for hydroxylation is 1. The number of benzene rings is 1. The molecule has 1 heterocycles. The third kappa shape index (κ3) is 5.42. The molecule has 1 aromatic heterocycles. The van der Waals surface area contributed by atoms with Crippen LogP contribution in [0.2, 0.25) is 0 Å². The fourth-order valence-electron chi connectivity index (χ4n) is 3.79. The summed E-state index contributed by atoms with van der Waals surface area (Å²) in [5, 5.41) is 8.80. The van der Waals surface area contributed by atoms with Crippen molar-refractivity contribution in [1.29, 1.82) is 0 Å². The van der Waals surface area contributed by atoms with Gasteiger partial charge in [-0.25, -0.2) is 4.68 Å². The Morgan fingerprint density at radius 1 is 1.00 bits per heavy atom. The highest BCUT2D eigenvalue weighted by molar-refractivity contribution is 5.34. The van der Waals surface area contributed by atoms with Gasteiger partial charge in [0, 0.05) is 5.92 Å². The fourth-order valence-corrected chi connectivity index (χ4v) is 3.79. The van der Waals surface area contributed by atoms with Gasteiger partial charge in [0.25, 0.3) is 0 Å². The first-order valence-corrected chi connectivity index (χ1v) is 10.0. The molecule has 2 aromatic rings. The minimum absolute atomic E-state index is 0.451. The van der Waals surface area contributed by atoms with Crippen LogP contribution in [0.25, 0.3) is 5.69 Å². The molecule has 1 aliphatic rings. The van der Waals surface area contributed by atoms with Gasteiger partial charge in [0.05, 0.1) is 17.6 Å². The average Bonchev–Trinajstić information content (AvgIpc) is 3.09. The van der Waals surface area contributed by atoms with Crippen molar-refractivity contribution in [2.75, 3.05) is 0 Å². The zero-order valence-corrected chi connectivity index (χ0v) is 16.2. The molecule has 0 saturated heterocycles. The molecular formula is C22H33N3. The summed E-state index contributed by atoms with van der Waals surface area (Å²) < 4.78 is 1.94. The quantitative estimate of drug-likeness (QED) is 0.598. The van der Waals surface area contributed by atoms with Crippen LogP contribution in [0.5, 0.6) is 0 Å². The second kappa shape index (κ2) is 8.16. The summed E-state index contributed by atoms with van der Waals surface area (Å²) in [6, 6.07) is 8.85. The Morgan fingerprint density at radius 3 is 2.40 bits per heavy atom. The van der Waals surface area contributed by atoms with Crippen LogP contribution in [0, 0.1) is 5.41 Å². The lowest BCUT2D eigenvalue weighted by Gasteiger charge is -2.18. The van der Waals surface area contributed by atoms with Crippen LogP contribution in [-0.4, -0.2) is 15.0 Å². The molecule has 0 atom stereocenters. The van der Waals surface area contributed by atoms with E-state index < -0.39 is 0 Å². The van der Waals surface area contributed by atoms with Gasteiger partial charge in [-0.15, -0.1) is 5.10 Å². The van der Waals surface area contributed by atoms with Gasteiger partial charge in [-0.3, -0.25) is 0 Å². The Kier molecular flexibility index (Phi) is 5.93. The number of aromatic nitrogens is 3. The van der Waals surface area contributed by atoms with Crippen LogP contribution in [-0.2, 0) is 6.42 Å². The van der Waals surface area contributed by atoms with Gasteiger partial charge in [-0.05, 0) is 55.2 Å². The minimum atomic E-state index is 0.451. The van der Waals surface area contributed by atoms with Crippen LogP contribution in [0.3, 0.4) is 0 Å². The molecule has 0 radical (unpaired) electrons. The zero-order valence-electron chi connectivity index (χ0n) is 16.2. The predicted octanol–water partition coefficient (Wildman–Crippen LogP) is 6.07. The first kappa shape index (κ1) is 18.2. The van der Waals surface area contributed by atoms with E-state index in [1.54, 1.807) is 0 Å². The van der Waals surface area contributed by atoms with E-state index in [-0.39, 0.29) is 0 Å². The van der Waals surface area contributed by atoms with E-state index in [9.17, 15) is 0 Å². The normalized spacial score (nSPS) is 16.3. The summed E-state index contributed by atoms with van der Waals surface area (Å²) in [6.45, 7) is 6.96. The van der Waals surface area contributed by atoms with Crippen molar-refractivity contribution in [1.82, 2.24) is 15.0 Å². The van der Waals surface area contributed by atoms with Gasteiger partial charge >= 0.3 is 0 Å². The Balaban J connectivity index is 1.54. The van der Waals surface area contributed by atoms with Gasteiger partial charge < -0.3 is 0 Å². The number of nitrogens with zero attached hydrogens (tertiary/aromatic N) is 3. The highest BCUT2D eigenvalue weighted by Crippen LogP contribution is 2.31. The highest BCUT2D eigenvalue weighted by Gasteiger charge is 2.18. The topological polar surface area (TPSA) is 30.7 Å². The maximum atomic E-state index is 4.44. The molecule has 1 saturated carbocycles. The maximum Gasteiger partial charge on any atom is 0.0862 e. The van der Waals surface area contributed by atoms with Crippen molar-refractivity contribution >= 4 is 0 Å². The van der Waals surface area contributed by atoms with E-state index in [0.717, 1.165) is 5.69 Å². The van der Waals surface area contributed by atoms with Crippen LogP contribution in [0.1, 0.15) is 89.3 Å². The number of hydrogen-bond acceptors (Lipinski definition) is 2. The molecule has 1 aliphatic carbocycles. The van der Waals surface area contributed by atoms with Crippen molar-refractivity contribution in [3.8, 4) is 5.69 Å². The van der Waals surface area contributed by atoms with Gasteiger partial charge in [-0.1, -0.05) is 63.8 Å². The molecule has 1 aromatic carbocycles. The Hall–Kier alpha value is -1.64. The highest BCUT2D eigenvalue weighted by atomic mass is 15.4. The summed E-state index contributed by atoms with van der Waals surface area (Å²) in [5.41, 5.74) is 4.16. The van der Waals surface area contributed by atoms with Crippen molar-refractivity contribution in [2.24, 2.45) is 5.41 Å². The predicted molar refractivity (Wildman–Crippen MR) is 104 cm³/mol. The molecule has 0 aliphatic heterocycles. The molecule has 3 rings (SSSR count). The Morgan fingerprint density at radius 2 is 1.72 bits per heavy atom. The lowest BCUT2D eigenvalue weighted by atomic mass is 9.87. The van der Waals surface area contributed by atoms with Crippen LogP contribution >= 0.6 is 0 Å². The third-order valence-electron chi connectivity index (χ3n) is 5.38. The maximum absolute atomic E-state index is 4.44. The first-order valence-electron chi connectivity index (χ1n) is 10.0. The van der Waals surface area contributed by atoms with Gasteiger partial charge in [-0.2, -0.15) is 0 Å². The second-order valence-electron chi connectivity index (χ2n) is 8.86. The number of hydrogen-bond donors (Lipinski definition) is 0. The molecule has 0 amide bonds. The van der Waals surface area contributed by atoms with E-state index in [4.69, 9.17) is 0 Å². The average molecular weight is 340 g/mol.